The maximum atomic E-state index is 8.65. The number of hydrogen-bond acceptors (Lipinski definition) is 3. The van der Waals surface area contributed by atoms with Crippen LogP contribution in [0.5, 0.6) is 0 Å². The van der Waals surface area contributed by atoms with Gasteiger partial charge in [0.25, 0.3) is 0 Å². The van der Waals surface area contributed by atoms with Gasteiger partial charge in [-0.2, -0.15) is 0 Å². The third kappa shape index (κ3) is 4.65. The van der Waals surface area contributed by atoms with Crippen molar-refractivity contribution >= 4 is 5.84 Å². The summed E-state index contributed by atoms with van der Waals surface area (Å²) in [7, 11) is 0. The summed E-state index contributed by atoms with van der Waals surface area (Å²) in [5.41, 5.74) is 5.60. The molecule has 2 aliphatic rings. The van der Waals surface area contributed by atoms with Gasteiger partial charge in [0, 0.05) is 18.5 Å². The molecular formula is C16H31N3O. The average molecular weight is 281 g/mol. The van der Waals surface area contributed by atoms with E-state index in [1.165, 1.54) is 64.2 Å². The second kappa shape index (κ2) is 8.50. The lowest BCUT2D eigenvalue weighted by molar-refractivity contribution is 0.0801. The van der Waals surface area contributed by atoms with E-state index in [-0.39, 0.29) is 0 Å². The number of oxime groups is 1. The van der Waals surface area contributed by atoms with E-state index in [1.54, 1.807) is 0 Å². The summed E-state index contributed by atoms with van der Waals surface area (Å²) in [5, 5.41) is 11.7. The minimum atomic E-state index is 0.372. The summed E-state index contributed by atoms with van der Waals surface area (Å²) in [6, 6.07) is 1.58. The number of hydrogen-bond donors (Lipinski definition) is 2. The monoisotopic (exact) mass is 281 g/mol. The fourth-order valence-electron chi connectivity index (χ4n) is 3.98. The molecular weight excluding hydrogens is 250 g/mol. The normalized spacial score (nSPS) is 23.4. The van der Waals surface area contributed by atoms with Crippen molar-refractivity contribution in [2.45, 2.75) is 89.1 Å². The largest absolute Gasteiger partial charge is 0.409 e. The third-order valence-electron chi connectivity index (χ3n) is 5.07. The van der Waals surface area contributed by atoms with Crippen LogP contribution in [-0.4, -0.2) is 34.6 Å². The highest BCUT2D eigenvalue weighted by Crippen LogP contribution is 2.30. The van der Waals surface area contributed by atoms with Crippen LogP contribution in [0.1, 0.15) is 77.0 Å². The molecule has 0 unspecified atom stereocenters. The third-order valence-corrected chi connectivity index (χ3v) is 5.07. The van der Waals surface area contributed by atoms with Gasteiger partial charge in [0.15, 0.2) is 0 Å². The van der Waals surface area contributed by atoms with Gasteiger partial charge in [-0.25, -0.2) is 0 Å². The highest BCUT2D eigenvalue weighted by atomic mass is 16.4. The van der Waals surface area contributed by atoms with E-state index in [0.717, 1.165) is 25.0 Å². The average Bonchev–Trinajstić information content (AvgIpc) is 2.53. The molecule has 2 aliphatic carbocycles. The summed E-state index contributed by atoms with van der Waals surface area (Å²) in [6.07, 6.45) is 15.7. The van der Waals surface area contributed by atoms with Gasteiger partial charge in [-0.3, -0.25) is 4.90 Å². The zero-order valence-corrected chi connectivity index (χ0v) is 12.8. The highest BCUT2D eigenvalue weighted by Gasteiger charge is 2.28. The van der Waals surface area contributed by atoms with Crippen molar-refractivity contribution in [2.75, 3.05) is 6.54 Å². The lowest BCUT2D eigenvalue weighted by Gasteiger charge is -2.41. The molecule has 2 rings (SSSR count). The zero-order valence-electron chi connectivity index (χ0n) is 12.8. The molecule has 2 saturated carbocycles. The predicted molar refractivity (Wildman–Crippen MR) is 83.1 cm³/mol. The highest BCUT2D eigenvalue weighted by molar-refractivity contribution is 5.79. The molecule has 0 bridgehead atoms. The van der Waals surface area contributed by atoms with Crippen molar-refractivity contribution in [1.29, 1.82) is 0 Å². The number of rotatable bonds is 6. The molecule has 0 aliphatic heterocycles. The molecule has 0 radical (unpaired) electrons. The van der Waals surface area contributed by atoms with Gasteiger partial charge in [0.2, 0.25) is 0 Å². The second-order valence-electron chi connectivity index (χ2n) is 6.52. The van der Waals surface area contributed by atoms with Crippen LogP contribution in [0, 0.1) is 0 Å². The van der Waals surface area contributed by atoms with E-state index >= 15 is 0 Å². The van der Waals surface area contributed by atoms with Crippen molar-refractivity contribution in [3.05, 3.63) is 0 Å². The Kier molecular flexibility index (Phi) is 6.64. The first-order valence-electron chi connectivity index (χ1n) is 8.53. The maximum Gasteiger partial charge on any atom is 0.139 e. The Morgan fingerprint density at radius 2 is 1.45 bits per heavy atom. The van der Waals surface area contributed by atoms with Crippen molar-refractivity contribution in [2.24, 2.45) is 10.9 Å². The molecule has 0 amide bonds. The van der Waals surface area contributed by atoms with E-state index in [2.05, 4.69) is 10.1 Å². The summed E-state index contributed by atoms with van der Waals surface area (Å²) in [6.45, 7) is 1.12. The van der Waals surface area contributed by atoms with Crippen LogP contribution in [-0.2, 0) is 0 Å². The Hall–Kier alpha value is -0.770. The minimum Gasteiger partial charge on any atom is -0.409 e. The van der Waals surface area contributed by atoms with Crippen LogP contribution < -0.4 is 5.73 Å². The maximum absolute atomic E-state index is 8.65. The van der Waals surface area contributed by atoms with Crippen LogP contribution in [0.4, 0.5) is 0 Å². The van der Waals surface area contributed by atoms with Crippen LogP contribution in [0.25, 0.3) is 0 Å². The van der Waals surface area contributed by atoms with Crippen molar-refractivity contribution < 1.29 is 5.21 Å². The van der Waals surface area contributed by atoms with E-state index in [4.69, 9.17) is 10.9 Å². The fourth-order valence-corrected chi connectivity index (χ4v) is 3.98. The Labute approximate surface area is 123 Å². The van der Waals surface area contributed by atoms with E-state index in [1.807, 2.05) is 0 Å². The van der Waals surface area contributed by atoms with E-state index in [0.29, 0.717) is 12.3 Å². The molecule has 0 heterocycles. The fraction of sp³-hybridized carbons (Fsp3) is 0.938. The summed E-state index contributed by atoms with van der Waals surface area (Å²) < 4.78 is 0. The number of amidine groups is 1. The summed E-state index contributed by atoms with van der Waals surface area (Å²) in [5.74, 6) is 0.372. The molecule has 20 heavy (non-hydrogen) atoms. The minimum absolute atomic E-state index is 0.372. The van der Waals surface area contributed by atoms with Gasteiger partial charge in [0.05, 0.1) is 0 Å². The molecule has 0 atom stereocenters. The first-order chi connectivity index (χ1) is 9.81. The summed E-state index contributed by atoms with van der Waals surface area (Å²) in [4.78, 5) is 2.78. The predicted octanol–water partition coefficient (Wildman–Crippen LogP) is 3.48. The smallest absolute Gasteiger partial charge is 0.139 e. The molecule has 0 aromatic rings. The van der Waals surface area contributed by atoms with Gasteiger partial charge in [-0.05, 0) is 38.6 Å². The van der Waals surface area contributed by atoms with Crippen LogP contribution in [0.3, 0.4) is 0 Å². The van der Waals surface area contributed by atoms with Crippen molar-refractivity contribution in [3.8, 4) is 0 Å². The van der Waals surface area contributed by atoms with Gasteiger partial charge in [-0.15, -0.1) is 0 Å². The van der Waals surface area contributed by atoms with Crippen LogP contribution in [0.15, 0.2) is 5.16 Å². The molecule has 0 saturated heterocycles. The van der Waals surface area contributed by atoms with E-state index in [9.17, 15) is 0 Å². The van der Waals surface area contributed by atoms with Crippen LogP contribution in [0.2, 0.25) is 0 Å². The summed E-state index contributed by atoms with van der Waals surface area (Å²) >= 11 is 0. The Balaban J connectivity index is 1.88. The first kappa shape index (κ1) is 15.6. The zero-order chi connectivity index (χ0) is 14.2. The Morgan fingerprint density at radius 3 is 1.90 bits per heavy atom. The molecule has 0 aromatic heterocycles. The first-order valence-corrected chi connectivity index (χ1v) is 8.53. The molecule has 116 valence electrons. The SMILES string of the molecule is N/C(CCCN(C1CCCCC1)C1CCCCC1)=N\O. The van der Waals surface area contributed by atoms with Crippen molar-refractivity contribution in [1.82, 2.24) is 4.90 Å². The Morgan fingerprint density at radius 1 is 0.950 bits per heavy atom. The van der Waals surface area contributed by atoms with Gasteiger partial charge in [-0.1, -0.05) is 43.7 Å². The Bertz CT molecular complexity index is 276. The van der Waals surface area contributed by atoms with Gasteiger partial charge >= 0.3 is 0 Å². The van der Waals surface area contributed by atoms with Crippen LogP contribution >= 0.6 is 0 Å². The second-order valence-corrected chi connectivity index (χ2v) is 6.52. The molecule has 0 aromatic carbocycles. The lowest BCUT2D eigenvalue weighted by Crippen LogP contribution is -2.45. The van der Waals surface area contributed by atoms with Gasteiger partial charge < -0.3 is 10.9 Å². The standard InChI is InChI=1S/C16H31N3O/c17-16(18-20)12-7-13-19(14-8-3-1-4-9-14)15-10-5-2-6-11-15/h14-15,20H,1-13H2,(H2,17,18). The number of nitrogens with two attached hydrogens (primary N) is 1. The quantitative estimate of drug-likeness (QED) is 0.339. The topological polar surface area (TPSA) is 61.8 Å². The van der Waals surface area contributed by atoms with Crippen molar-refractivity contribution in [3.63, 3.8) is 0 Å². The molecule has 4 nitrogen and oxygen atoms in total. The lowest BCUT2D eigenvalue weighted by atomic mass is 9.88. The molecule has 0 spiro atoms. The molecule has 2 fully saturated rings. The van der Waals surface area contributed by atoms with E-state index < -0.39 is 0 Å². The molecule has 4 heteroatoms. The van der Waals surface area contributed by atoms with Gasteiger partial charge in [0.1, 0.15) is 5.84 Å². The number of nitrogens with zero attached hydrogens (tertiary/aromatic N) is 2. The molecule has 3 N–H and O–H groups in total.